The normalized spacial score (nSPS) is 16.4. The van der Waals surface area contributed by atoms with Gasteiger partial charge in [-0.15, -0.1) is 0 Å². The molecule has 146 valence electrons. The van der Waals surface area contributed by atoms with Crippen LogP contribution < -0.4 is 5.32 Å². The van der Waals surface area contributed by atoms with Gasteiger partial charge in [0.1, 0.15) is 6.04 Å². The van der Waals surface area contributed by atoms with Crippen molar-refractivity contribution in [3.05, 3.63) is 101 Å². The Bertz CT molecular complexity index is 1060. The number of nitrogens with zero attached hydrogens (tertiary/aromatic N) is 1. The number of amides is 1. The zero-order valence-corrected chi connectivity index (χ0v) is 16.7. The topological polar surface area (TPSA) is 52.6 Å². The smallest absolute Gasteiger partial charge is 0.272 e. The zero-order chi connectivity index (χ0) is 20.4. The predicted molar refractivity (Wildman–Crippen MR) is 115 cm³/mol. The standard InChI is InChI=1S/C24H21ClN2O2/c1-16-13-20(11-12-21(16)25)23-15-27(29)24(28)22(26-23)14-17-7-9-19(10-8-17)18-5-3-2-4-6-18/h2-13,15,22,26,29H,14H2,1H3. The van der Waals surface area contributed by atoms with E-state index in [2.05, 4.69) is 17.4 Å². The van der Waals surface area contributed by atoms with Gasteiger partial charge in [0.05, 0.1) is 11.9 Å². The van der Waals surface area contributed by atoms with Gasteiger partial charge >= 0.3 is 0 Å². The lowest BCUT2D eigenvalue weighted by atomic mass is 9.99. The van der Waals surface area contributed by atoms with Gasteiger partial charge in [0, 0.05) is 11.4 Å². The molecule has 5 heteroatoms. The fourth-order valence-electron chi connectivity index (χ4n) is 3.44. The van der Waals surface area contributed by atoms with Crippen molar-refractivity contribution in [3.8, 4) is 11.1 Å². The minimum atomic E-state index is -0.557. The van der Waals surface area contributed by atoms with E-state index in [0.717, 1.165) is 27.8 Å². The first-order valence-corrected chi connectivity index (χ1v) is 9.80. The Hall–Kier alpha value is -3.08. The fraction of sp³-hybridized carbons (Fsp3) is 0.125. The number of hydroxylamine groups is 2. The summed E-state index contributed by atoms with van der Waals surface area (Å²) in [5, 5.41) is 14.7. The van der Waals surface area contributed by atoms with Crippen LogP contribution in [0.5, 0.6) is 0 Å². The third-order valence-corrected chi connectivity index (χ3v) is 5.50. The van der Waals surface area contributed by atoms with E-state index in [9.17, 15) is 10.0 Å². The summed E-state index contributed by atoms with van der Waals surface area (Å²) in [4.78, 5) is 12.5. The van der Waals surface area contributed by atoms with E-state index in [1.54, 1.807) is 0 Å². The maximum atomic E-state index is 12.5. The summed E-state index contributed by atoms with van der Waals surface area (Å²) in [7, 11) is 0. The molecule has 29 heavy (non-hydrogen) atoms. The molecule has 3 aromatic rings. The highest BCUT2D eigenvalue weighted by atomic mass is 35.5. The van der Waals surface area contributed by atoms with Crippen LogP contribution >= 0.6 is 11.6 Å². The first-order valence-electron chi connectivity index (χ1n) is 9.42. The Balaban J connectivity index is 1.53. The van der Waals surface area contributed by atoms with Gasteiger partial charge in [-0.05, 0) is 46.9 Å². The molecule has 0 saturated carbocycles. The van der Waals surface area contributed by atoms with Crippen LogP contribution in [0.15, 0.2) is 79.0 Å². The third kappa shape index (κ3) is 4.19. The number of rotatable bonds is 4. The Morgan fingerprint density at radius 1 is 0.966 bits per heavy atom. The molecular formula is C24H21ClN2O2. The van der Waals surface area contributed by atoms with Gasteiger partial charge < -0.3 is 5.32 Å². The number of nitrogens with one attached hydrogen (secondary N) is 1. The molecule has 0 bridgehead atoms. The van der Waals surface area contributed by atoms with Crippen LogP contribution in [-0.2, 0) is 11.2 Å². The number of hydrogen-bond acceptors (Lipinski definition) is 3. The second-order valence-electron chi connectivity index (χ2n) is 7.15. The molecule has 1 atom stereocenters. The van der Waals surface area contributed by atoms with Crippen LogP contribution in [0.3, 0.4) is 0 Å². The van der Waals surface area contributed by atoms with Crippen molar-refractivity contribution in [1.29, 1.82) is 0 Å². The number of hydrogen-bond donors (Lipinski definition) is 2. The monoisotopic (exact) mass is 404 g/mol. The number of benzene rings is 3. The van der Waals surface area contributed by atoms with Crippen LogP contribution in [0.1, 0.15) is 16.7 Å². The maximum Gasteiger partial charge on any atom is 0.272 e. The summed E-state index contributed by atoms with van der Waals surface area (Å²) < 4.78 is 0. The molecule has 1 unspecified atom stereocenters. The summed E-state index contributed by atoms with van der Waals surface area (Å²) >= 11 is 6.11. The molecule has 0 spiro atoms. The minimum Gasteiger partial charge on any atom is -0.372 e. The van der Waals surface area contributed by atoms with Crippen LogP contribution in [0.25, 0.3) is 16.8 Å². The molecule has 1 aliphatic heterocycles. The highest BCUT2D eigenvalue weighted by Gasteiger charge is 2.29. The number of halogens is 1. The minimum absolute atomic E-state index is 0.383. The molecule has 4 rings (SSSR count). The predicted octanol–water partition coefficient (Wildman–Crippen LogP) is 5.05. The van der Waals surface area contributed by atoms with Gasteiger partial charge in [-0.2, -0.15) is 5.06 Å². The van der Waals surface area contributed by atoms with Crippen LogP contribution in [0.2, 0.25) is 5.02 Å². The molecule has 1 amide bonds. The van der Waals surface area contributed by atoms with Gasteiger partial charge in [-0.3, -0.25) is 10.0 Å². The molecule has 0 aromatic heterocycles. The largest absolute Gasteiger partial charge is 0.372 e. The van der Waals surface area contributed by atoms with Gasteiger partial charge in [-0.1, -0.05) is 72.3 Å². The van der Waals surface area contributed by atoms with Crippen molar-refractivity contribution in [2.75, 3.05) is 0 Å². The molecule has 1 aliphatic rings. The summed E-state index contributed by atoms with van der Waals surface area (Å²) in [6.45, 7) is 1.92. The van der Waals surface area contributed by atoms with Crippen molar-refractivity contribution >= 4 is 23.2 Å². The third-order valence-electron chi connectivity index (χ3n) is 5.07. The van der Waals surface area contributed by atoms with Crippen molar-refractivity contribution < 1.29 is 10.0 Å². The molecule has 0 radical (unpaired) electrons. The van der Waals surface area contributed by atoms with Crippen LogP contribution in [-0.4, -0.2) is 22.2 Å². The number of carbonyl (C=O) groups is 1. The fourth-order valence-corrected chi connectivity index (χ4v) is 3.56. The zero-order valence-electron chi connectivity index (χ0n) is 16.0. The van der Waals surface area contributed by atoms with E-state index >= 15 is 0 Å². The van der Waals surface area contributed by atoms with Crippen LogP contribution in [0, 0.1) is 6.92 Å². The Morgan fingerprint density at radius 3 is 2.31 bits per heavy atom. The second kappa shape index (κ2) is 8.11. The highest BCUT2D eigenvalue weighted by molar-refractivity contribution is 6.31. The Kier molecular flexibility index (Phi) is 5.38. The summed E-state index contributed by atoms with van der Waals surface area (Å²) in [5.41, 5.74) is 5.76. The van der Waals surface area contributed by atoms with Crippen molar-refractivity contribution in [1.82, 2.24) is 10.4 Å². The van der Waals surface area contributed by atoms with E-state index in [-0.39, 0.29) is 5.91 Å². The Morgan fingerprint density at radius 2 is 1.62 bits per heavy atom. The van der Waals surface area contributed by atoms with E-state index in [1.807, 2.05) is 67.6 Å². The molecule has 2 N–H and O–H groups in total. The number of carbonyl (C=O) groups excluding carboxylic acids is 1. The molecule has 3 aromatic carbocycles. The first-order chi connectivity index (χ1) is 14.0. The lowest BCUT2D eigenvalue weighted by molar-refractivity contribution is -0.157. The molecule has 0 saturated heterocycles. The molecular weight excluding hydrogens is 384 g/mol. The maximum absolute atomic E-state index is 12.5. The molecule has 0 fully saturated rings. The molecule has 4 nitrogen and oxygen atoms in total. The van der Waals surface area contributed by atoms with Crippen molar-refractivity contribution in [2.45, 2.75) is 19.4 Å². The molecule has 1 heterocycles. The van der Waals surface area contributed by atoms with E-state index < -0.39 is 6.04 Å². The lowest BCUT2D eigenvalue weighted by Crippen LogP contribution is -2.48. The van der Waals surface area contributed by atoms with Crippen molar-refractivity contribution in [2.24, 2.45) is 0 Å². The van der Waals surface area contributed by atoms with Gasteiger partial charge in [0.25, 0.3) is 5.91 Å². The Labute approximate surface area is 175 Å². The average Bonchev–Trinajstić information content (AvgIpc) is 2.74. The van der Waals surface area contributed by atoms with Crippen molar-refractivity contribution in [3.63, 3.8) is 0 Å². The second-order valence-corrected chi connectivity index (χ2v) is 7.56. The van der Waals surface area contributed by atoms with E-state index in [1.165, 1.54) is 6.20 Å². The lowest BCUT2D eigenvalue weighted by Gasteiger charge is -2.29. The van der Waals surface area contributed by atoms with Gasteiger partial charge in [-0.25, -0.2) is 0 Å². The summed E-state index contributed by atoms with van der Waals surface area (Å²) in [6, 6.07) is 23.3. The SMILES string of the molecule is Cc1cc(C2=CN(O)C(=O)C(Cc3ccc(-c4ccccc4)cc3)N2)ccc1Cl. The number of aryl methyl sites for hydroxylation is 1. The molecule has 0 aliphatic carbocycles. The van der Waals surface area contributed by atoms with E-state index in [0.29, 0.717) is 22.2 Å². The first kappa shape index (κ1) is 19.2. The van der Waals surface area contributed by atoms with Gasteiger partial charge in [0.15, 0.2) is 0 Å². The summed E-state index contributed by atoms with van der Waals surface area (Å²) in [5.74, 6) is -0.383. The van der Waals surface area contributed by atoms with Crippen LogP contribution in [0.4, 0.5) is 0 Å². The van der Waals surface area contributed by atoms with Gasteiger partial charge in [0.2, 0.25) is 0 Å². The highest BCUT2D eigenvalue weighted by Crippen LogP contribution is 2.24. The quantitative estimate of drug-likeness (QED) is 0.598. The average molecular weight is 405 g/mol. The summed E-state index contributed by atoms with van der Waals surface area (Å²) in [6.07, 6.45) is 1.87. The van der Waals surface area contributed by atoms with E-state index in [4.69, 9.17) is 11.6 Å².